The molecule has 4 nitrogen and oxygen atoms in total. The maximum Gasteiger partial charge on any atom is 0.156 e. The van der Waals surface area contributed by atoms with Gasteiger partial charge in [0.15, 0.2) is 9.84 Å². The number of sulfone groups is 1. The van der Waals surface area contributed by atoms with Gasteiger partial charge in [-0.3, -0.25) is 4.90 Å². The molecule has 3 rings (SSSR count). The molecule has 0 amide bonds. The summed E-state index contributed by atoms with van der Waals surface area (Å²) in [5.41, 5.74) is 1.12. The van der Waals surface area contributed by atoms with Crippen LogP contribution in [0.3, 0.4) is 0 Å². The Balaban J connectivity index is 1.71. The first-order chi connectivity index (χ1) is 8.04. The highest BCUT2D eigenvalue weighted by molar-refractivity contribution is 7.92. The molecule has 2 aliphatic rings. The largest absolute Gasteiger partial charge is 0.508 e. The standard InChI is InChI=1S/C12H15NO3S/c14-11-3-1-9(2-4-11)6-13-7-12-5-10(13)8-17(12,15)16/h1-4,10,12,14H,5-8H2. The fourth-order valence-corrected chi connectivity index (χ4v) is 4.89. The van der Waals surface area contributed by atoms with Gasteiger partial charge in [-0.25, -0.2) is 8.42 Å². The Kier molecular flexibility index (Phi) is 2.41. The number of fused-ring (bicyclic) bond motifs is 2. The van der Waals surface area contributed by atoms with Crippen molar-refractivity contribution in [3.8, 4) is 5.75 Å². The van der Waals surface area contributed by atoms with E-state index in [-0.39, 0.29) is 17.0 Å². The molecule has 2 heterocycles. The molecule has 0 spiro atoms. The molecule has 2 fully saturated rings. The smallest absolute Gasteiger partial charge is 0.156 e. The molecule has 0 radical (unpaired) electrons. The zero-order valence-electron chi connectivity index (χ0n) is 9.41. The van der Waals surface area contributed by atoms with Crippen LogP contribution in [0.5, 0.6) is 5.75 Å². The molecule has 2 saturated heterocycles. The van der Waals surface area contributed by atoms with E-state index < -0.39 is 9.84 Å². The number of benzene rings is 1. The zero-order valence-corrected chi connectivity index (χ0v) is 10.2. The minimum Gasteiger partial charge on any atom is -0.508 e. The maximum absolute atomic E-state index is 11.6. The molecule has 1 aromatic carbocycles. The van der Waals surface area contributed by atoms with E-state index in [4.69, 9.17) is 0 Å². The van der Waals surface area contributed by atoms with Crippen molar-refractivity contribution in [3.05, 3.63) is 29.8 Å². The average Bonchev–Trinajstić information content (AvgIpc) is 2.77. The van der Waals surface area contributed by atoms with Gasteiger partial charge in [0.05, 0.1) is 11.0 Å². The van der Waals surface area contributed by atoms with Crippen LogP contribution in [0.4, 0.5) is 0 Å². The van der Waals surface area contributed by atoms with Crippen LogP contribution in [-0.2, 0) is 16.4 Å². The van der Waals surface area contributed by atoms with Crippen molar-refractivity contribution in [3.63, 3.8) is 0 Å². The molecule has 2 bridgehead atoms. The minimum absolute atomic E-state index is 0.149. The summed E-state index contributed by atoms with van der Waals surface area (Å²) in [4.78, 5) is 2.23. The van der Waals surface area contributed by atoms with E-state index in [2.05, 4.69) is 4.90 Å². The van der Waals surface area contributed by atoms with Crippen LogP contribution in [0.15, 0.2) is 24.3 Å². The molecule has 2 aliphatic heterocycles. The predicted molar refractivity (Wildman–Crippen MR) is 64.5 cm³/mol. The van der Waals surface area contributed by atoms with Gasteiger partial charge in [-0.15, -0.1) is 0 Å². The van der Waals surface area contributed by atoms with Gasteiger partial charge in [0, 0.05) is 19.1 Å². The van der Waals surface area contributed by atoms with E-state index in [1.807, 2.05) is 12.1 Å². The van der Waals surface area contributed by atoms with E-state index >= 15 is 0 Å². The van der Waals surface area contributed by atoms with Crippen LogP contribution in [0.2, 0.25) is 0 Å². The third-order valence-corrected chi connectivity index (χ3v) is 5.95. The van der Waals surface area contributed by atoms with Gasteiger partial charge < -0.3 is 5.11 Å². The highest BCUT2D eigenvalue weighted by Crippen LogP contribution is 2.33. The first-order valence-corrected chi connectivity index (χ1v) is 7.50. The summed E-state index contributed by atoms with van der Waals surface area (Å²) in [5.74, 6) is 0.578. The van der Waals surface area contributed by atoms with Crippen molar-refractivity contribution >= 4 is 9.84 Å². The van der Waals surface area contributed by atoms with Crippen molar-refractivity contribution in [1.29, 1.82) is 0 Å². The molecular formula is C12H15NO3S. The number of likely N-dealkylation sites (tertiary alicyclic amines) is 1. The van der Waals surface area contributed by atoms with Crippen molar-refractivity contribution in [1.82, 2.24) is 4.90 Å². The normalized spacial score (nSPS) is 30.8. The van der Waals surface area contributed by atoms with Crippen LogP contribution in [-0.4, -0.2) is 42.0 Å². The fourth-order valence-electron chi connectivity index (χ4n) is 2.81. The van der Waals surface area contributed by atoms with E-state index in [0.29, 0.717) is 12.3 Å². The van der Waals surface area contributed by atoms with E-state index in [9.17, 15) is 13.5 Å². The van der Waals surface area contributed by atoms with Crippen LogP contribution < -0.4 is 0 Å². The van der Waals surface area contributed by atoms with Crippen LogP contribution in [0.1, 0.15) is 12.0 Å². The second-order valence-corrected chi connectivity index (χ2v) is 7.26. The first-order valence-electron chi connectivity index (χ1n) is 5.78. The number of aromatic hydroxyl groups is 1. The highest BCUT2D eigenvalue weighted by atomic mass is 32.2. The van der Waals surface area contributed by atoms with Crippen LogP contribution >= 0.6 is 0 Å². The zero-order chi connectivity index (χ0) is 12.0. The van der Waals surface area contributed by atoms with Gasteiger partial charge >= 0.3 is 0 Å². The average molecular weight is 253 g/mol. The summed E-state index contributed by atoms with van der Waals surface area (Å²) in [7, 11) is -2.80. The third kappa shape index (κ3) is 1.93. The number of hydrogen-bond donors (Lipinski definition) is 1. The van der Waals surface area contributed by atoms with Crippen molar-refractivity contribution in [2.24, 2.45) is 0 Å². The monoisotopic (exact) mass is 253 g/mol. The second kappa shape index (κ2) is 3.71. The van der Waals surface area contributed by atoms with E-state index in [1.54, 1.807) is 12.1 Å². The summed E-state index contributed by atoms with van der Waals surface area (Å²) in [6.07, 6.45) is 0.792. The van der Waals surface area contributed by atoms with Gasteiger partial charge in [-0.1, -0.05) is 12.1 Å². The molecule has 2 unspecified atom stereocenters. The summed E-state index contributed by atoms with van der Waals surface area (Å²) in [5, 5.41) is 9.05. The topological polar surface area (TPSA) is 57.6 Å². The minimum atomic E-state index is -2.80. The molecule has 0 aliphatic carbocycles. The summed E-state index contributed by atoms with van der Waals surface area (Å²) in [6, 6.07) is 7.30. The van der Waals surface area contributed by atoms with Crippen molar-refractivity contribution in [2.45, 2.75) is 24.3 Å². The quantitative estimate of drug-likeness (QED) is 0.845. The Hall–Kier alpha value is -1.07. The molecule has 5 heteroatoms. The van der Waals surface area contributed by atoms with Crippen LogP contribution in [0, 0.1) is 0 Å². The van der Waals surface area contributed by atoms with Gasteiger partial charge in [-0.05, 0) is 24.1 Å². The SMILES string of the molecule is O=S1(=O)CC2CC1CN2Cc1ccc(O)cc1. The Morgan fingerprint density at radius 1 is 1.29 bits per heavy atom. The lowest BCUT2D eigenvalue weighted by molar-refractivity contribution is 0.257. The lowest BCUT2D eigenvalue weighted by Crippen LogP contribution is -2.39. The highest BCUT2D eigenvalue weighted by Gasteiger charge is 2.47. The number of rotatable bonds is 2. The number of phenolic OH excluding ortho intramolecular Hbond substituents is 1. The van der Waals surface area contributed by atoms with Crippen LogP contribution in [0.25, 0.3) is 0 Å². The van der Waals surface area contributed by atoms with Gasteiger partial charge in [0.1, 0.15) is 5.75 Å². The van der Waals surface area contributed by atoms with Crippen molar-refractivity contribution < 1.29 is 13.5 Å². The van der Waals surface area contributed by atoms with E-state index in [0.717, 1.165) is 18.5 Å². The van der Waals surface area contributed by atoms with Gasteiger partial charge in [0.25, 0.3) is 0 Å². The Morgan fingerprint density at radius 3 is 2.53 bits per heavy atom. The molecule has 92 valence electrons. The molecule has 0 saturated carbocycles. The van der Waals surface area contributed by atoms with E-state index in [1.165, 1.54) is 0 Å². The second-order valence-electron chi connectivity index (χ2n) is 4.94. The summed E-state index contributed by atoms with van der Waals surface area (Å²) in [6.45, 7) is 1.44. The lowest BCUT2D eigenvalue weighted by atomic mass is 10.2. The number of nitrogens with zero attached hydrogens (tertiary/aromatic N) is 1. The predicted octanol–water partition coefficient (Wildman–Crippen LogP) is 0.763. The third-order valence-electron chi connectivity index (χ3n) is 3.74. The molecular weight excluding hydrogens is 238 g/mol. The Labute approximate surface area is 101 Å². The molecule has 1 N–H and O–H groups in total. The maximum atomic E-state index is 11.6. The molecule has 17 heavy (non-hydrogen) atoms. The lowest BCUT2D eigenvalue weighted by Gasteiger charge is -2.26. The first kappa shape index (κ1) is 11.0. The number of hydrogen-bond acceptors (Lipinski definition) is 4. The molecule has 0 aromatic heterocycles. The fraction of sp³-hybridized carbons (Fsp3) is 0.500. The van der Waals surface area contributed by atoms with Gasteiger partial charge in [-0.2, -0.15) is 0 Å². The summed E-state index contributed by atoms with van der Waals surface area (Å²) >= 11 is 0. The summed E-state index contributed by atoms with van der Waals surface area (Å²) < 4.78 is 23.2. The Morgan fingerprint density at radius 2 is 2.00 bits per heavy atom. The molecule has 2 atom stereocenters. The van der Waals surface area contributed by atoms with Gasteiger partial charge in [0.2, 0.25) is 0 Å². The number of phenols is 1. The molecule has 1 aromatic rings. The Bertz CT molecular complexity index is 523. The van der Waals surface area contributed by atoms with Crippen molar-refractivity contribution in [2.75, 3.05) is 12.3 Å².